The van der Waals surface area contributed by atoms with Crippen LogP contribution in [0.5, 0.6) is 0 Å². The number of carbonyl (C=O) groups is 1. The van der Waals surface area contributed by atoms with Crippen molar-refractivity contribution in [3.63, 3.8) is 0 Å². The molecule has 2 aromatic heterocycles. The molecule has 1 atom stereocenters. The topological polar surface area (TPSA) is 83.0 Å². The maximum atomic E-state index is 11.7. The average Bonchev–Trinajstić information content (AvgIpc) is 3.43. The van der Waals surface area contributed by atoms with E-state index < -0.39 is 0 Å². The molecule has 1 aliphatic heterocycles. The van der Waals surface area contributed by atoms with E-state index in [2.05, 4.69) is 35.3 Å². The maximum absolute atomic E-state index is 11.7. The lowest BCUT2D eigenvalue weighted by Gasteiger charge is -2.36. The van der Waals surface area contributed by atoms with Gasteiger partial charge in [0.1, 0.15) is 6.10 Å². The van der Waals surface area contributed by atoms with Crippen molar-refractivity contribution >= 4 is 16.8 Å². The van der Waals surface area contributed by atoms with Crippen molar-refractivity contribution in [1.82, 2.24) is 14.5 Å². The van der Waals surface area contributed by atoms with E-state index in [-0.39, 0.29) is 23.5 Å². The van der Waals surface area contributed by atoms with Gasteiger partial charge in [0.25, 0.3) is 0 Å². The number of hydrogen-bond donors (Lipinski definition) is 1. The highest BCUT2D eigenvalue weighted by molar-refractivity contribution is 5.80. The molecular weight excluding hydrogens is 400 g/mol. The molecule has 160 valence electrons. The number of primary amides is 1. The summed E-state index contributed by atoms with van der Waals surface area (Å²) in [6, 6.07) is 18.6. The predicted octanol–water partition coefficient (Wildman–Crippen LogP) is 4.41. The minimum atomic E-state index is -0.374. The van der Waals surface area contributed by atoms with Gasteiger partial charge in [-0.15, -0.1) is 0 Å². The third-order valence-electron chi connectivity index (χ3n) is 7.02. The molecule has 2 aromatic carbocycles. The largest absolute Gasteiger partial charge is 0.369 e. The fraction of sp³-hybridized carbons (Fsp3) is 0.269. The van der Waals surface area contributed by atoms with Crippen LogP contribution in [0.4, 0.5) is 0 Å². The highest BCUT2D eigenvalue weighted by Gasteiger charge is 2.48. The molecule has 1 spiro atoms. The Labute approximate surface area is 186 Å². The standard InChI is InChI=1S/C26H24N4O2/c27-25(31)17-9-11-26(12-10-17)21-7-3-2-6-20(21)24(32-26)23-15-30(16-29-23)19-13-18-5-1-4-8-22(18)28-14-19/h1-8,13-17,24H,9-12H2,(H2,27,31). The van der Waals surface area contributed by atoms with Crippen LogP contribution in [0.2, 0.25) is 0 Å². The highest BCUT2D eigenvalue weighted by Crippen LogP contribution is 2.53. The molecule has 3 heterocycles. The van der Waals surface area contributed by atoms with Crippen LogP contribution in [-0.4, -0.2) is 20.4 Å². The van der Waals surface area contributed by atoms with Gasteiger partial charge < -0.3 is 15.0 Å². The number of carbonyl (C=O) groups excluding carboxylic acids is 1. The third-order valence-corrected chi connectivity index (χ3v) is 7.02. The van der Waals surface area contributed by atoms with E-state index in [0.29, 0.717) is 0 Å². The molecule has 1 aliphatic carbocycles. The second-order valence-electron chi connectivity index (χ2n) is 8.85. The Hall–Kier alpha value is -3.51. The van der Waals surface area contributed by atoms with Crippen LogP contribution in [0.15, 0.2) is 73.3 Å². The average molecular weight is 425 g/mol. The summed E-state index contributed by atoms with van der Waals surface area (Å²) in [7, 11) is 0. The highest BCUT2D eigenvalue weighted by atomic mass is 16.5. The summed E-state index contributed by atoms with van der Waals surface area (Å²) < 4.78 is 8.75. The third kappa shape index (κ3) is 3.02. The van der Waals surface area contributed by atoms with Crippen molar-refractivity contribution in [3.05, 3.63) is 90.1 Å². The predicted molar refractivity (Wildman–Crippen MR) is 121 cm³/mol. The zero-order chi connectivity index (χ0) is 21.7. The van der Waals surface area contributed by atoms with Crippen LogP contribution in [-0.2, 0) is 15.1 Å². The Kier molecular flexibility index (Phi) is 4.36. The quantitative estimate of drug-likeness (QED) is 0.528. The van der Waals surface area contributed by atoms with E-state index in [4.69, 9.17) is 15.5 Å². The summed E-state index contributed by atoms with van der Waals surface area (Å²) in [5.74, 6) is -0.263. The molecule has 1 saturated carbocycles. The van der Waals surface area contributed by atoms with Gasteiger partial charge >= 0.3 is 0 Å². The van der Waals surface area contributed by atoms with Crippen LogP contribution < -0.4 is 5.73 Å². The van der Waals surface area contributed by atoms with Gasteiger partial charge in [0, 0.05) is 17.5 Å². The summed E-state index contributed by atoms with van der Waals surface area (Å²) in [4.78, 5) is 21.0. The zero-order valence-electron chi connectivity index (χ0n) is 17.6. The first kappa shape index (κ1) is 19.2. The smallest absolute Gasteiger partial charge is 0.220 e. The molecule has 6 heteroatoms. The zero-order valence-corrected chi connectivity index (χ0v) is 17.6. The number of nitrogens with zero attached hydrogens (tertiary/aromatic N) is 3. The lowest BCUT2D eigenvalue weighted by atomic mass is 9.74. The lowest BCUT2D eigenvalue weighted by molar-refractivity contribution is -0.128. The number of nitrogens with two attached hydrogens (primary N) is 1. The molecule has 32 heavy (non-hydrogen) atoms. The van der Waals surface area contributed by atoms with Crippen LogP contribution in [0.1, 0.15) is 48.6 Å². The van der Waals surface area contributed by atoms with E-state index in [1.165, 1.54) is 5.56 Å². The van der Waals surface area contributed by atoms with E-state index >= 15 is 0 Å². The van der Waals surface area contributed by atoms with Gasteiger partial charge in [0.05, 0.1) is 35.0 Å². The van der Waals surface area contributed by atoms with Crippen molar-refractivity contribution in [2.45, 2.75) is 37.4 Å². The fourth-order valence-electron chi connectivity index (χ4n) is 5.28. The van der Waals surface area contributed by atoms with E-state index in [1.54, 1.807) is 0 Å². The molecule has 6 rings (SSSR count). The molecule has 0 bridgehead atoms. The van der Waals surface area contributed by atoms with Gasteiger partial charge in [-0.1, -0.05) is 42.5 Å². The number of aromatic nitrogens is 3. The maximum Gasteiger partial charge on any atom is 0.220 e. The molecule has 0 saturated heterocycles. The molecule has 4 aromatic rings. The van der Waals surface area contributed by atoms with E-state index in [0.717, 1.165) is 53.5 Å². The SMILES string of the molecule is NC(=O)C1CCC2(CC1)OC(c1cn(-c3cnc4ccccc4c3)cn1)c1ccccc12. The minimum absolute atomic E-state index is 0.0601. The molecule has 2 aliphatic rings. The molecule has 2 N–H and O–H groups in total. The second kappa shape index (κ2) is 7.28. The fourth-order valence-corrected chi connectivity index (χ4v) is 5.28. The van der Waals surface area contributed by atoms with Crippen molar-refractivity contribution < 1.29 is 9.53 Å². The van der Waals surface area contributed by atoms with Crippen LogP contribution in [0, 0.1) is 5.92 Å². The number of hydrogen-bond acceptors (Lipinski definition) is 4. The van der Waals surface area contributed by atoms with Gasteiger partial charge in [0.15, 0.2) is 0 Å². The number of imidazole rings is 1. The number of pyridine rings is 1. The number of benzene rings is 2. The van der Waals surface area contributed by atoms with Crippen LogP contribution in [0.3, 0.4) is 0 Å². The molecule has 1 amide bonds. The summed E-state index contributed by atoms with van der Waals surface area (Å²) in [6.07, 6.45) is 8.59. The van der Waals surface area contributed by atoms with Gasteiger partial charge in [-0.25, -0.2) is 4.98 Å². The van der Waals surface area contributed by atoms with Crippen molar-refractivity contribution in [1.29, 1.82) is 0 Å². The van der Waals surface area contributed by atoms with E-state index in [9.17, 15) is 4.79 Å². The second-order valence-corrected chi connectivity index (χ2v) is 8.85. The number of amides is 1. The molecular formula is C26H24N4O2. The summed E-state index contributed by atoms with van der Waals surface area (Å²) in [6.45, 7) is 0. The van der Waals surface area contributed by atoms with Gasteiger partial charge in [-0.2, -0.15) is 0 Å². The minimum Gasteiger partial charge on any atom is -0.369 e. The summed E-state index contributed by atoms with van der Waals surface area (Å²) in [5, 5.41) is 1.09. The van der Waals surface area contributed by atoms with Gasteiger partial charge in [0.2, 0.25) is 5.91 Å². The monoisotopic (exact) mass is 424 g/mol. The Balaban J connectivity index is 1.33. The normalized spacial score (nSPS) is 24.6. The van der Waals surface area contributed by atoms with Crippen molar-refractivity contribution in [3.8, 4) is 5.69 Å². The number of ether oxygens (including phenoxy) is 1. The molecule has 1 fully saturated rings. The first-order valence-corrected chi connectivity index (χ1v) is 11.1. The van der Waals surface area contributed by atoms with Crippen LogP contribution in [0.25, 0.3) is 16.6 Å². The molecule has 0 radical (unpaired) electrons. The Morgan fingerprint density at radius 1 is 1.06 bits per heavy atom. The Bertz CT molecular complexity index is 1320. The first-order chi connectivity index (χ1) is 15.6. The van der Waals surface area contributed by atoms with Gasteiger partial charge in [-0.05, 0) is 48.9 Å². The van der Waals surface area contributed by atoms with Crippen molar-refractivity contribution in [2.75, 3.05) is 0 Å². The molecule has 6 nitrogen and oxygen atoms in total. The number of para-hydroxylation sites is 1. The summed E-state index contributed by atoms with van der Waals surface area (Å²) in [5.41, 5.74) is 10.4. The Morgan fingerprint density at radius 2 is 1.84 bits per heavy atom. The first-order valence-electron chi connectivity index (χ1n) is 11.1. The number of fused-ring (bicyclic) bond motifs is 3. The van der Waals surface area contributed by atoms with Gasteiger partial charge in [-0.3, -0.25) is 9.78 Å². The van der Waals surface area contributed by atoms with Crippen LogP contribution >= 0.6 is 0 Å². The van der Waals surface area contributed by atoms with Crippen molar-refractivity contribution in [2.24, 2.45) is 11.7 Å². The number of rotatable bonds is 3. The lowest BCUT2D eigenvalue weighted by Crippen LogP contribution is -2.36. The molecule has 1 unspecified atom stereocenters. The summed E-state index contributed by atoms with van der Waals surface area (Å²) >= 11 is 0. The Morgan fingerprint density at radius 3 is 2.69 bits per heavy atom. The van der Waals surface area contributed by atoms with E-state index in [1.807, 2.05) is 47.6 Å².